The van der Waals surface area contributed by atoms with Crippen molar-refractivity contribution >= 4 is 40.3 Å². The predicted octanol–water partition coefficient (Wildman–Crippen LogP) is 8.28. The van der Waals surface area contributed by atoms with Crippen LogP contribution in [0.2, 0.25) is 5.02 Å². The fourth-order valence-electron chi connectivity index (χ4n) is 5.33. The zero-order chi connectivity index (χ0) is 29.4. The second-order valence-electron chi connectivity index (χ2n) is 9.91. The topological polar surface area (TPSA) is 37.3 Å². The maximum Gasteiger partial charge on any atom is 0.387 e. The smallest absolute Gasteiger partial charge is 0.387 e. The van der Waals surface area contributed by atoms with E-state index in [4.69, 9.17) is 16.6 Å². The third-order valence-corrected chi connectivity index (χ3v) is 8.13. The van der Waals surface area contributed by atoms with Crippen molar-refractivity contribution in [1.82, 2.24) is 9.80 Å². The molecule has 3 aromatic carbocycles. The summed E-state index contributed by atoms with van der Waals surface area (Å²) in [6.45, 7) is -4.55. The van der Waals surface area contributed by atoms with Gasteiger partial charge in [0, 0.05) is 23.5 Å². The van der Waals surface area contributed by atoms with E-state index >= 15 is 0 Å². The van der Waals surface area contributed by atoms with Crippen LogP contribution in [0.5, 0.6) is 11.5 Å². The minimum Gasteiger partial charge on any atom is -0.435 e. The molecular weight excluding hydrogens is 590 g/mol. The first kappa shape index (κ1) is 28.4. The summed E-state index contributed by atoms with van der Waals surface area (Å²) in [5, 5.41) is 3.47. The van der Waals surface area contributed by atoms with Gasteiger partial charge < -0.3 is 14.4 Å². The third-order valence-electron chi connectivity index (χ3n) is 7.03. The van der Waals surface area contributed by atoms with Crippen molar-refractivity contribution in [2.24, 2.45) is 4.99 Å². The minimum absolute atomic E-state index is 0.0810. The third kappa shape index (κ3) is 5.92. The molecule has 0 amide bonds. The number of benzene rings is 3. The van der Waals surface area contributed by atoms with Gasteiger partial charge in [0.25, 0.3) is 0 Å². The number of amidine groups is 1. The maximum absolute atomic E-state index is 12.9. The highest BCUT2D eigenvalue weighted by molar-refractivity contribution is 8.16. The molecule has 1 unspecified atom stereocenters. The Morgan fingerprint density at radius 1 is 0.881 bits per heavy atom. The van der Waals surface area contributed by atoms with Crippen LogP contribution in [0, 0.1) is 0 Å². The summed E-state index contributed by atoms with van der Waals surface area (Å²) >= 11 is 7.68. The van der Waals surface area contributed by atoms with Gasteiger partial charge >= 0.3 is 13.2 Å². The highest BCUT2D eigenvalue weighted by atomic mass is 35.5. The van der Waals surface area contributed by atoms with Gasteiger partial charge in [-0.15, -0.1) is 0 Å². The average molecular weight is 614 g/mol. The van der Waals surface area contributed by atoms with E-state index in [0.29, 0.717) is 18.1 Å². The fraction of sp³-hybridized carbons (Fsp3) is 0.194. The summed E-state index contributed by atoms with van der Waals surface area (Å²) in [4.78, 5) is 9.47. The summed E-state index contributed by atoms with van der Waals surface area (Å²) in [5.41, 5.74) is 6.49. The van der Waals surface area contributed by atoms with Crippen molar-refractivity contribution in [1.29, 1.82) is 0 Å². The molecule has 1 atom stereocenters. The second-order valence-corrected chi connectivity index (χ2v) is 11.2. The molecule has 0 fully saturated rings. The van der Waals surface area contributed by atoms with Gasteiger partial charge in [-0.1, -0.05) is 59.8 Å². The molecular formula is C31H24ClF4N3O2S. The van der Waals surface area contributed by atoms with Crippen LogP contribution in [-0.4, -0.2) is 48.3 Å². The van der Waals surface area contributed by atoms with Crippen LogP contribution in [0.15, 0.2) is 100 Å². The number of nitrogens with zero attached hydrogens (tertiary/aromatic N) is 3. The number of thioether (sulfide) groups is 1. The van der Waals surface area contributed by atoms with Crippen LogP contribution in [0.1, 0.15) is 22.7 Å². The molecule has 3 aliphatic rings. The molecule has 3 aromatic rings. The molecule has 3 aliphatic heterocycles. The first-order valence-electron chi connectivity index (χ1n) is 13.0. The van der Waals surface area contributed by atoms with Crippen molar-refractivity contribution in [2.75, 3.05) is 20.1 Å². The molecule has 0 aromatic heterocycles. The molecule has 216 valence electrons. The number of fused-ring (bicyclic) bond motifs is 1. The molecule has 42 heavy (non-hydrogen) atoms. The molecule has 0 radical (unpaired) electrons. The van der Waals surface area contributed by atoms with E-state index in [1.165, 1.54) is 23.9 Å². The number of hydrogen-bond donors (Lipinski definition) is 0. The normalized spacial score (nSPS) is 19.7. The Kier molecular flexibility index (Phi) is 8.02. The van der Waals surface area contributed by atoms with Crippen LogP contribution >= 0.6 is 23.4 Å². The van der Waals surface area contributed by atoms with E-state index in [1.807, 2.05) is 37.4 Å². The van der Waals surface area contributed by atoms with E-state index < -0.39 is 13.2 Å². The van der Waals surface area contributed by atoms with E-state index in [1.54, 1.807) is 36.4 Å². The Labute approximate surface area is 249 Å². The Morgan fingerprint density at radius 3 is 2.12 bits per heavy atom. The first-order valence-corrected chi connectivity index (χ1v) is 14.2. The lowest BCUT2D eigenvalue weighted by atomic mass is 9.88. The Morgan fingerprint density at radius 2 is 1.50 bits per heavy atom. The van der Waals surface area contributed by atoms with Crippen LogP contribution < -0.4 is 9.47 Å². The number of halogens is 5. The van der Waals surface area contributed by atoms with Crippen molar-refractivity contribution < 1.29 is 27.0 Å². The van der Waals surface area contributed by atoms with Gasteiger partial charge in [0.05, 0.1) is 17.4 Å². The number of alkyl halides is 4. The van der Waals surface area contributed by atoms with Gasteiger partial charge in [0.1, 0.15) is 11.5 Å². The largest absolute Gasteiger partial charge is 0.435 e. The summed E-state index contributed by atoms with van der Waals surface area (Å²) in [5.74, 6) is 0.168. The van der Waals surface area contributed by atoms with Gasteiger partial charge in [-0.3, -0.25) is 4.90 Å². The lowest BCUT2D eigenvalue weighted by Gasteiger charge is -2.42. The van der Waals surface area contributed by atoms with Gasteiger partial charge in [-0.2, -0.15) is 17.6 Å². The Balaban J connectivity index is 1.43. The monoisotopic (exact) mass is 613 g/mol. The molecule has 0 spiro atoms. The van der Waals surface area contributed by atoms with Gasteiger partial charge in [-0.25, -0.2) is 4.99 Å². The van der Waals surface area contributed by atoms with E-state index in [2.05, 4.69) is 24.7 Å². The molecule has 0 bridgehead atoms. The van der Waals surface area contributed by atoms with E-state index in [0.717, 1.165) is 44.4 Å². The average Bonchev–Trinajstić information content (AvgIpc) is 3.37. The highest BCUT2D eigenvalue weighted by Gasteiger charge is 2.41. The van der Waals surface area contributed by atoms with Crippen molar-refractivity contribution in [3.05, 3.63) is 117 Å². The molecule has 11 heteroatoms. The SMILES string of the molecule is CN1CC(=Cc2ccc(OC(F)F)cc2)C2=C(C1)C(c1ccc(OC(F)F)cc1)N1C(c3ccc(Cl)cc3)=CSC1=N2. The summed E-state index contributed by atoms with van der Waals surface area (Å²) < 4.78 is 60.0. The van der Waals surface area contributed by atoms with Crippen molar-refractivity contribution in [2.45, 2.75) is 19.3 Å². The summed E-state index contributed by atoms with van der Waals surface area (Å²) in [6, 6.07) is 20.5. The lowest BCUT2D eigenvalue weighted by molar-refractivity contribution is -0.0505. The molecule has 5 nitrogen and oxygen atoms in total. The zero-order valence-electron chi connectivity index (χ0n) is 22.2. The number of rotatable bonds is 7. The van der Waals surface area contributed by atoms with Crippen LogP contribution in [-0.2, 0) is 0 Å². The fourth-order valence-corrected chi connectivity index (χ4v) is 6.38. The van der Waals surface area contributed by atoms with E-state index in [9.17, 15) is 17.6 Å². The number of hydrogen-bond acceptors (Lipinski definition) is 6. The van der Waals surface area contributed by atoms with Gasteiger partial charge in [0.15, 0.2) is 5.17 Å². The molecule has 0 saturated heterocycles. The number of aliphatic imine (C=N–C) groups is 1. The maximum atomic E-state index is 12.9. The standard InChI is InChI=1S/C31H24ClF4N3O2S/c1-38-15-21(14-18-2-10-23(11-3-18)40-29(33)34)27-25(16-38)28(20-6-12-24(13-7-20)41-30(35)36)39-26(17-42-31(39)37-27)19-4-8-22(32)9-5-19/h2-14,17,28-30H,15-16H2,1H3. The second kappa shape index (κ2) is 11.9. The van der Waals surface area contributed by atoms with Crippen molar-refractivity contribution in [3.63, 3.8) is 0 Å². The quantitative estimate of drug-likeness (QED) is 0.251. The van der Waals surface area contributed by atoms with E-state index in [-0.39, 0.29) is 17.5 Å². The highest BCUT2D eigenvalue weighted by Crippen LogP contribution is 2.49. The zero-order valence-corrected chi connectivity index (χ0v) is 23.8. The van der Waals surface area contributed by atoms with Crippen LogP contribution in [0.4, 0.5) is 17.6 Å². The summed E-state index contributed by atoms with van der Waals surface area (Å²) in [7, 11) is 2.02. The minimum atomic E-state index is -2.91. The molecule has 0 saturated carbocycles. The number of likely N-dealkylation sites (N-methyl/N-ethyl adjacent to an activating group) is 1. The Hall–Kier alpha value is -3.73. The van der Waals surface area contributed by atoms with Gasteiger partial charge in [0.2, 0.25) is 0 Å². The van der Waals surface area contributed by atoms with Crippen LogP contribution in [0.3, 0.4) is 0 Å². The summed E-state index contributed by atoms with van der Waals surface area (Å²) in [6.07, 6.45) is 2.00. The first-order chi connectivity index (χ1) is 20.2. The van der Waals surface area contributed by atoms with Crippen LogP contribution in [0.25, 0.3) is 11.8 Å². The lowest BCUT2D eigenvalue weighted by Crippen LogP contribution is -2.40. The molecule has 6 rings (SSSR count). The Bertz CT molecular complexity index is 1590. The molecule has 0 aliphatic carbocycles. The van der Waals surface area contributed by atoms with Gasteiger partial charge in [-0.05, 0) is 77.4 Å². The predicted molar refractivity (Wildman–Crippen MR) is 158 cm³/mol. The molecule has 0 N–H and O–H groups in total. The number of ether oxygens (including phenoxy) is 2. The molecule has 3 heterocycles. The van der Waals surface area contributed by atoms with Crippen molar-refractivity contribution in [3.8, 4) is 11.5 Å².